The van der Waals surface area contributed by atoms with Crippen molar-refractivity contribution >= 4 is 23.1 Å². The Bertz CT molecular complexity index is 359. The smallest absolute Gasteiger partial charge is 0.271 e. The van der Waals surface area contributed by atoms with Gasteiger partial charge in [0.25, 0.3) is 5.89 Å². The van der Waals surface area contributed by atoms with Gasteiger partial charge < -0.3 is 4.52 Å². The average Bonchev–Trinajstić information content (AvgIpc) is 2.75. The van der Waals surface area contributed by atoms with Crippen molar-refractivity contribution < 1.29 is 4.52 Å². The highest BCUT2D eigenvalue weighted by Gasteiger charge is 2.09. The van der Waals surface area contributed by atoms with Crippen molar-refractivity contribution in [2.75, 3.05) is 0 Å². The number of halogens is 1. The molecule has 0 amide bonds. The summed E-state index contributed by atoms with van der Waals surface area (Å²) in [5, 5.41) is 7.27. The normalized spacial score (nSPS) is 10.4. The van der Waals surface area contributed by atoms with Crippen LogP contribution < -0.4 is 0 Å². The summed E-state index contributed by atoms with van der Waals surface area (Å²) >= 11 is 6.69. The zero-order valence-electron chi connectivity index (χ0n) is 5.77. The maximum absolute atomic E-state index is 5.49. The summed E-state index contributed by atoms with van der Waals surface area (Å²) in [7, 11) is 0. The van der Waals surface area contributed by atoms with E-state index in [1.807, 2.05) is 0 Å². The van der Waals surface area contributed by atoms with E-state index in [4.69, 9.17) is 16.1 Å². The molecule has 0 aliphatic carbocycles. The lowest BCUT2D eigenvalue weighted by atomic mass is 10.5. The van der Waals surface area contributed by atoms with E-state index in [1.54, 1.807) is 6.20 Å². The summed E-state index contributed by atoms with van der Waals surface area (Å²) in [6.07, 6.45) is 1.57. The Morgan fingerprint density at radius 1 is 1.58 bits per heavy atom. The summed E-state index contributed by atoms with van der Waals surface area (Å²) in [4.78, 5) is 4.74. The molecule has 0 spiro atoms. The van der Waals surface area contributed by atoms with Crippen LogP contribution in [-0.4, -0.2) is 19.7 Å². The van der Waals surface area contributed by atoms with Gasteiger partial charge in [0, 0.05) is 0 Å². The van der Waals surface area contributed by atoms with Gasteiger partial charge in [-0.2, -0.15) is 4.98 Å². The van der Waals surface area contributed by atoms with Gasteiger partial charge in [-0.25, -0.2) is 0 Å². The number of hydrogen-bond donors (Lipinski definition) is 0. The molecule has 5 nitrogen and oxygen atoms in total. The number of aromatic nitrogens is 4. The Morgan fingerprint density at radius 2 is 2.50 bits per heavy atom. The third kappa shape index (κ3) is 1.30. The summed E-state index contributed by atoms with van der Waals surface area (Å²) in [5.41, 5.74) is 0. The Labute approximate surface area is 76.5 Å². The first-order chi connectivity index (χ1) is 5.90. The van der Waals surface area contributed by atoms with E-state index in [9.17, 15) is 0 Å². The molecule has 2 aromatic heterocycles. The SMILES string of the molecule is ClCc1noc(-c2cnns2)n1. The summed E-state index contributed by atoms with van der Waals surface area (Å²) in [6, 6.07) is 0. The zero-order chi connectivity index (χ0) is 8.39. The zero-order valence-corrected chi connectivity index (χ0v) is 7.34. The predicted octanol–water partition coefficient (Wildman–Crippen LogP) is 1.33. The molecule has 62 valence electrons. The highest BCUT2D eigenvalue weighted by atomic mass is 35.5. The highest BCUT2D eigenvalue weighted by Crippen LogP contribution is 2.19. The van der Waals surface area contributed by atoms with Crippen molar-refractivity contribution in [2.45, 2.75) is 5.88 Å². The molecule has 2 aromatic rings. The van der Waals surface area contributed by atoms with Crippen LogP contribution in [0.4, 0.5) is 0 Å². The molecule has 12 heavy (non-hydrogen) atoms. The molecular formula is C5H3ClN4OS. The minimum absolute atomic E-state index is 0.246. The summed E-state index contributed by atoms with van der Waals surface area (Å²) < 4.78 is 8.55. The van der Waals surface area contributed by atoms with E-state index in [2.05, 4.69) is 19.7 Å². The molecule has 0 fully saturated rings. The van der Waals surface area contributed by atoms with Crippen LogP contribution in [0.3, 0.4) is 0 Å². The molecule has 0 N–H and O–H groups in total. The minimum atomic E-state index is 0.246. The van der Waals surface area contributed by atoms with Gasteiger partial charge >= 0.3 is 0 Å². The van der Waals surface area contributed by atoms with Crippen LogP contribution in [0.2, 0.25) is 0 Å². The molecule has 0 aliphatic heterocycles. The van der Waals surface area contributed by atoms with Crippen LogP contribution in [0.25, 0.3) is 10.8 Å². The van der Waals surface area contributed by atoms with E-state index < -0.39 is 0 Å². The van der Waals surface area contributed by atoms with E-state index in [0.717, 1.165) is 4.88 Å². The number of alkyl halides is 1. The van der Waals surface area contributed by atoms with E-state index in [0.29, 0.717) is 11.7 Å². The largest absolute Gasteiger partial charge is 0.333 e. The molecular weight excluding hydrogens is 200 g/mol. The Kier molecular flexibility index (Phi) is 2.01. The van der Waals surface area contributed by atoms with Crippen molar-refractivity contribution in [1.82, 2.24) is 19.7 Å². The lowest BCUT2D eigenvalue weighted by Crippen LogP contribution is -1.78. The van der Waals surface area contributed by atoms with Crippen molar-refractivity contribution in [3.63, 3.8) is 0 Å². The van der Waals surface area contributed by atoms with Gasteiger partial charge in [0.1, 0.15) is 4.88 Å². The quantitative estimate of drug-likeness (QED) is 0.688. The van der Waals surface area contributed by atoms with Crippen molar-refractivity contribution in [1.29, 1.82) is 0 Å². The fourth-order valence-corrected chi connectivity index (χ4v) is 1.22. The predicted molar refractivity (Wildman–Crippen MR) is 42.8 cm³/mol. The molecule has 0 bridgehead atoms. The molecule has 0 saturated carbocycles. The monoisotopic (exact) mass is 202 g/mol. The fraction of sp³-hybridized carbons (Fsp3) is 0.200. The first-order valence-corrected chi connectivity index (χ1v) is 4.37. The molecule has 0 aromatic carbocycles. The van der Waals surface area contributed by atoms with Crippen molar-refractivity contribution in [2.24, 2.45) is 0 Å². The lowest BCUT2D eigenvalue weighted by Gasteiger charge is -1.78. The average molecular weight is 203 g/mol. The van der Waals surface area contributed by atoms with Crippen molar-refractivity contribution in [3.05, 3.63) is 12.0 Å². The van der Waals surface area contributed by atoms with Crippen molar-refractivity contribution in [3.8, 4) is 10.8 Å². The molecule has 2 rings (SSSR count). The first kappa shape index (κ1) is 7.63. The first-order valence-electron chi connectivity index (χ1n) is 3.06. The topological polar surface area (TPSA) is 64.7 Å². The second-order valence-electron chi connectivity index (χ2n) is 1.93. The highest BCUT2D eigenvalue weighted by molar-refractivity contribution is 7.09. The Hall–Kier alpha value is -1.01. The molecule has 0 saturated heterocycles. The van der Waals surface area contributed by atoms with Crippen LogP contribution in [0.15, 0.2) is 10.7 Å². The molecule has 0 aliphatic rings. The second kappa shape index (κ2) is 3.16. The van der Waals surface area contributed by atoms with Gasteiger partial charge in [-0.15, -0.1) is 16.7 Å². The van der Waals surface area contributed by atoms with Gasteiger partial charge in [-0.1, -0.05) is 9.64 Å². The third-order valence-corrected chi connectivity index (χ3v) is 2.05. The van der Waals surface area contributed by atoms with Crippen LogP contribution in [0.1, 0.15) is 5.82 Å². The van der Waals surface area contributed by atoms with E-state index in [1.165, 1.54) is 11.5 Å². The van der Waals surface area contributed by atoms with Crippen LogP contribution in [0, 0.1) is 0 Å². The lowest BCUT2D eigenvalue weighted by molar-refractivity contribution is 0.426. The molecule has 2 heterocycles. The molecule has 0 radical (unpaired) electrons. The fourth-order valence-electron chi connectivity index (χ4n) is 0.670. The van der Waals surface area contributed by atoms with Gasteiger partial charge in [0.05, 0.1) is 12.1 Å². The van der Waals surface area contributed by atoms with Gasteiger partial charge in [-0.3, -0.25) is 0 Å². The van der Waals surface area contributed by atoms with Gasteiger partial charge in [0.15, 0.2) is 5.82 Å². The summed E-state index contributed by atoms with van der Waals surface area (Å²) in [5.74, 6) is 1.14. The Morgan fingerprint density at radius 3 is 3.08 bits per heavy atom. The number of nitrogens with zero attached hydrogens (tertiary/aromatic N) is 4. The van der Waals surface area contributed by atoms with E-state index in [-0.39, 0.29) is 5.88 Å². The van der Waals surface area contributed by atoms with Gasteiger partial charge in [0.2, 0.25) is 0 Å². The second-order valence-corrected chi connectivity index (χ2v) is 2.98. The maximum Gasteiger partial charge on any atom is 0.271 e. The molecule has 0 unspecified atom stereocenters. The Balaban J connectivity index is 2.35. The number of hydrogen-bond acceptors (Lipinski definition) is 6. The standard InChI is InChI=1S/C5H3ClN4OS/c6-1-4-8-5(11-9-4)3-2-7-10-12-3/h2H,1H2. The number of rotatable bonds is 2. The van der Waals surface area contributed by atoms with Crippen LogP contribution in [0.5, 0.6) is 0 Å². The third-order valence-electron chi connectivity index (χ3n) is 1.16. The minimum Gasteiger partial charge on any atom is -0.333 e. The maximum atomic E-state index is 5.49. The van der Waals surface area contributed by atoms with E-state index >= 15 is 0 Å². The van der Waals surface area contributed by atoms with Crippen LogP contribution in [-0.2, 0) is 5.88 Å². The van der Waals surface area contributed by atoms with Gasteiger partial charge in [-0.05, 0) is 11.5 Å². The molecule has 0 atom stereocenters. The summed E-state index contributed by atoms with van der Waals surface area (Å²) in [6.45, 7) is 0. The van der Waals surface area contributed by atoms with Crippen LogP contribution >= 0.6 is 23.1 Å². The molecule has 7 heteroatoms.